The molecule has 0 aliphatic heterocycles. The highest BCUT2D eigenvalue weighted by Crippen LogP contribution is 1.74. The van der Waals surface area contributed by atoms with Crippen LogP contribution in [0.5, 0.6) is 0 Å². The van der Waals surface area contributed by atoms with Crippen molar-refractivity contribution in [1.82, 2.24) is 14.8 Å². The number of nitrogens with one attached hydrogen (secondary N) is 1. The van der Waals surface area contributed by atoms with Crippen LogP contribution in [0.15, 0.2) is 15.9 Å². The van der Waals surface area contributed by atoms with Gasteiger partial charge in [0.1, 0.15) is 6.33 Å². The molecule has 6 heteroatoms. The molecular formula is C6H9N3O3. The van der Waals surface area contributed by atoms with E-state index in [-0.39, 0.29) is 0 Å². The zero-order valence-corrected chi connectivity index (χ0v) is 6.61. The summed E-state index contributed by atoms with van der Waals surface area (Å²) in [7, 11) is 1.52. The van der Waals surface area contributed by atoms with E-state index < -0.39 is 11.1 Å². The van der Waals surface area contributed by atoms with Crippen LogP contribution in [0.4, 0.5) is 0 Å². The minimum absolute atomic E-state index is 0.340. The lowest BCUT2D eigenvalue weighted by Crippen LogP contribution is -2.37. The molecule has 1 N–H and O–H groups in total. The molecule has 0 bridgehead atoms. The van der Waals surface area contributed by atoms with E-state index in [0.29, 0.717) is 13.2 Å². The molecule has 1 rings (SSSR count). The van der Waals surface area contributed by atoms with Crippen molar-refractivity contribution in [2.75, 3.05) is 13.7 Å². The summed E-state index contributed by atoms with van der Waals surface area (Å²) >= 11 is 0. The van der Waals surface area contributed by atoms with Crippen LogP contribution in [-0.2, 0) is 11.3 Å². The van der Waals surface area contributed by atoms with Crippen molar-refractivity contribution < 1.29 is 4.74 Å². The summed E-state index contributed by atoms with van der Waals surface area (Å²) in [6.45, 7) is 0.720. The zero-order chi connectivity index (χ0) is 8.97. The van der Waals surface area contributed by atoms with E-state index in [2.05, 4.69) is 5.10 Å². The Kier molecular flexibility index (Phi) is 2.76. The van der Waals surface area contributed by atoms with Crippen molar-refractivity contribution in [1.29, 1.82) is 0 Å². The highest BCUT2D eigenvalue weighted by Gasteiger charge is 1.98. The number of hydrogen-bond donors (Lipinski definition) is 1. The zero-order valence-electron chi connectivity index (χ0n) is 6.61. The van der Waals surface area contributed by atoms with Crippen LogP contribution in [0.1, 0.15) is 0 Å². The number of aromatic amines is 1. The van der Waals surface area contributed by atoms with Crippen LogP contribution < -0.4 is 11.1 Å². The SMILES string of the molecule is COCCn1cn[nH]c(=O)c1=O. The summed E-state index contributed by atoms with van der Waals surface area (Å²) in [5.41, 5.74) is -1.32. The van der Waals surface area contributed by atoms with Gasteiger partial charge in [-0.1, -0.05) is 0 Å². The third kappa shape index (κ3) is 1.79. The van der Waals surface area contributed by atoms with E-state index in [0.717, 1.165) is 0 Å². The minimum atomic E-state index is -0.714. The van der Waals surface area contributed by atoms with E-state index in [1.54, 1.807) is 0 Å². The molecule has 1 aromatic heterocycles. The highest BCUT2D eigenvalue weighted by atomic mass is 16.5. The fraction of sp³-hybridized carbons (Fsp3) is 0.500. The average Bonchev–Trinajstić information content (AvgIpc) is 2.08. The number of hydrogen-bond acceptors (Lipinski definition) is 4. The lowest BCUT2D eigenvalue weighted by atomic mass is 10.6. The van der Waals surface area contributed by atoms with Crippen LogP contribution >= 0.6 is 0 Å². The van der Waals surface area contributed by atoms with Gasteiger partial charge < -0.3 is 4.74 Å². The molecule has 0 saturated heterocycles. The molecule has 0 aliphatic carbocycles. The third-order valence-corrected chi connectivity index (χ3v) is 1.35. The van der Waals surface area contributed by atoms with Gasteiger partial charge in [-0.25, -0.2) is 5.10 Å². The lowest BCUT2D eigenvalue weighted by molar-refractivity contribution is 0.185. The van der Waals surface area contributed by atoms with Gasteiger partial charge in [-0.15, -0.1) is 0 Å². The molecule has 0 unspecified atom stereocenters. The van der Waals surface area contributed by atoms with Gasteiger partial charge in [0.2, 0.25) is 0 Å². The maximum atomic E-state index is 11.0. The van der Waals surface area contributed by atoms with Crippen LogP contribution in [0, 0.1) is 0 Å². The third-order valence-electron chi connectivity index (χ3n) is 1.35. The van der Waals surface area contributed by atoms with E-state index in [4.69, 9.17) is 4.74 Å². The Labute approximate surface area is 67.8 Å². The standard InChI is InChI=1S/C6H9N3O3/c1-12-3-2-9-4-7-8-5(10)6(9)11/h4H,2-3H2,1H3,(H,8,10). The Hall–Kier alpha value is -1.43. The number of methoxy groups -OCH3 is 1. The molecule has 12 heavy (non-hydrogen) atoms. The first-order valence-corrected chi connectivity index (χ1v) is 3.39. The van der Waals surface area contributed by atoms with E-state index >= 15 is 0 Å². The van der Waals surface area contributed by atoms with Crippen molar-refractivity contribution in [2.45, 2.75) is 6.54 Å². The van der Waals surface area contributed by atoms with Gasteiger partial charge in [0.15, 0.2) is 0 Å². The fourth-order valence-electron chi connectivity index (χ4n) is 0.737. The summed E-state index contributed by atoms with van der Waals surface area (Å²) in [5.74, 6) is 0. The number of H-pyrrole nitrogens is 1. The van der Waals surface area contributed by atoms with Gasteiger partial charge in [-0.05, 0) is 0 Å². The fourth-order valence-corrected chi connectivity index (χ4v) is 0.737. The lowest BCUT2D eigenvalue weighted by Gasteiger charge is -2.00. The Morgan fingerprint density at radius 3 is 3.08 bits per heavy atom. The quantitative estimate of drug-likeness (QED) is 0.566. The van der Waals surface area contributed by atoms with Crippen LogP contribution in [0.2, 0.25) is 0 Å². The molecule has 66 valence electrons. The monoisotopic (exact) mass is 171 g/mol. The second kappa shape index (κ2) is 3.82. The summed E-state index contributed by atoms with van der Waals surface area (Å²) in [6, 6.07) is 0. The van der Waals surface area contributed by atoms with Gasteiger partial charge in [-0.2, -0.15) is 5.10 Å². The smallest absolute Gasteiger partial charge is 0.330 e. The Balaban J connectivity index is 2.93. The molecule has 6 nitrogen and oxygen atoms in total. The number of ether oxygens (including phenoxy) is 1. The van der Waals surface area contributed by atoms with Gasteiger partial charge in [0, 0.05) is 7.11 Å². The van der Waals surface area contributed by atoms with Crippen LogP contribution in [-0.4, -0.2) is 28.5 Å². The van der Waals surface area contributed by atoms with Crippen molar-refractivity contribution >= 4 is 0 Å². The second-order valence-electron chi connectivity index (χ2n) is 2.18. The number of aromatic nitrogens is 3. The Morgan fingerprint density at radius 2 is 2.42 bits per heavy atom. The van der Waals surface area contributed by atoms with E-state index in [1.807, 2.05) is 5.10 Å². The summed E-state index contributed by atoms with van der Waals surface area (Å²) in [5, 5.41) is 5.50. The summed E-state index contributed by atoms with van der Waals surface area (Å²) in [4.78, 5) is 21.7. The first-order valence-electron chi connectivity index (χ1n) is 3.39. The Morgan fingerprint density at radius 1 is 1.67 bits per heavy atom. The molecule has 0 radical (unpaired) electrons. The highest BCUT2D eigenvalue weighted by molar-refractivity contribution is 4.73. The van der Waals surface area contributed by atoms with Crippen molar-refractivity contribution in [3.05, 3.63) is 27.0 Å². The molecule has 1 heterocycles. The predicted octanol–water partition coefficient (Wildman–Crippen LogP) is -1.42. The van der Waals surface area contributed by atoms with Gasteiger partial charge in [0.25, 0.3) is 0 Å². The summed E-state index contributed by atoms with van der Waals surface area (Å²) < 4.78 is 5.94. The topological polar surface area (TPSA) is 77.0 Å². The molecule has 0 fully saturated rings. The van der Waals surface area contributed by atoms with E-state index in [9.17, 15) is 9.59 Å². The largest absolute Gasteiger partial charge is 0.383 e. The molecule has 1 aromatic rings. The first kappa shape index (κ1) is 8.66. The Bertz CT molecular complexity index is 354. The molecule has 0 spiro atoms. The van der Waals surface area contributed by atoms with Gasteiger partial charge >= 0.3 is 11.1 Å². The van der Waals surface area contributed by atoms with Crippen molar-refractivity contribution in [2.24, 2.45) is 0 Å². The van der Waals surface area contributed by atoms with Crippen molar-refractivity contribution in [3.8, 4) is 0 Å². The molecule has 0 aliphatic rings. The first-order chi connectivity index (χ1) is 5.75. The van der Waals surface area contributed by atoms with E-state index in [1.165, 1.54) is 18.0 Å². The van der Waals surface area contributed by atoms with Crippen molar-refractivity contribution in [3.63, 3.8) is 0 Å². The van der Waals surface area contributed by atoms with Crippen LogP contribution in [0.25, 0.3) is 0 Å². The number of nitrogens with zero attached hydrogens (tertiary/aromatic N) is 2. The normalized spacial score (nSPS) is 10.1. The molecule has 0 aromatic carbocycles. The summed E-state index contributed by atoms with van der Waals surface area (Å²) in [6.07, 6.45) is 1.27. The average molecular weight is 171 g/mol. The predicted molar refractivity (Wildman–Crippen MR) is 41.0 cm³/mol. The maximum Gasteiger partial charge on any atom is 0.330 e. The minimum Gasteiger partial charge on any atom is -0.383 e. The van der Waals surface area contributed by atoms with Crippen LogP contribution in [0.3, 0.4) is 0 Å². The molecular weight excluding hydrogens is 162 g/mol. The molecule has 0 amide bonds. The number of rotatable bonds is 3. The van der Waals surface area contributed by atoms with Gasteiger partial charge in [-0.3, -0.25) is 14.2 Å². The molecule has 0 atom stereocenters. The maximum absolute atomic E-state index is 11.0. The second-order valence-corrected chi connectivity index (χ2v) is 2.18. The molecule has 0 saturated carbocycles. The van der Waals surface area contributed by atoms with Gasteiger partial charge in [0.05, 0.1) is 13.2 Å².